The Morgan fingerprint density at radius 1 is 1.16 bits per heavy atom. The number of hydrogen-bond donors (Lipinski definition) is 2. The molecule has 0 saturated carbocycles. The first kappa shape index (κ1) is 23.6. The standard InChI is InChI=1S/C26H35N3O3/c1-19(2)14-16-29-22-17-21(12-13-23(22)32-18-26(3,4)24(29)30)28-25(31)27-15-8-11-20-9-6-5-7-10-20/h5-7,9-10,12-13,17,19H,8,11,14-16,18H2,1-4H3,(H2,27,28,31). The molecule has 0 saturated heterocycles. The molecule has 0 bridgehead atoms. The molecule has 3 amide bonds. The fraction of sp³-hybridized carbons (Fsp3) is 0.462. The molecule has 32 heavy (non-hydrogen) atoms. The lowest BCUT2D eigenvalue weighted by Crippen LogP contribution is -2.43. The van der Waals surface area contributed by atoms with E-state index in [1.807, 2.05) is 55.1 Å². The van der Waals surface area contributed by atoms with Gasteiger partial charge in [0.15, 0.2) is 0 Å². The highest BCUT2D eigenvalue weighted by Gasteiger charge is 2.37. The number of fused-ring (bicyclic) bond motifs is 1. The first-order valence-electron chi connectivity index (χ1n) is 11.4. The number of rotatable bonds is 8. The van der Waals surface area contributed by atoms with Gasteiger partial charge >= 0.3 is 6.03 Å². The largest absolute Gasteiger partial charge is 0.490 e. The van der Waals surface area contributed by atoms with E-state index in [9.17, 15) is 9.59 Å². The van der Waals surface area contributed by atoms with Crippen molar-refractivity contribution in [2.75, 3.05) is 29.9 Å². The minimum atomic E-state index is -0.611. The summed E-state index contributed by atoms with van der Waals surface area (Å²) < 4.78 is 5.96. The second-order valence-electron chi connectivity index (χ2n) is 9.46. The van der Waals surface area contributed by atoms with Gasteiger partial charge in [-0.05, 0) is 62.8 Å². The summed E-state index contributed by atoms with van der Waals surface area (Å²) in [6, 6.07) is 15.4. The number of aryl methyl sites for hydroxylation is 1. The van der Waals surface area contributed by atoms with Crippen LogP contribution in [0.1, 0.15) is 46.1 Å². The fourth-order valence-corrected chi connectivity index (χ4v) is 3.65. The molecule has 6 heteroatoms. The number of urea groups is 1. The van der Waals surface area contributed by atoms with Crippen molar-refractivity contribution in [2.24, 2.45) is 11.3 Å². The van der Waals surface area contributed by atoms with Crippen LogP contribution >= 0.6 is 0 Å². The number of anilines is 2. The van der Waals surface area contributed by atoms with E-state index >= 15 is 0 Å². The second kappa shape index (κ2) is 10.5. The fourth-order valence-electron chi connectivity index (χ4n) is 3.65. The Kier molecular flexibility index (Phi) is 7.78. The lowest BCUT2D eigenvalue weighted by molar-refractivity contribution is -0.127. The Morgan fingerprint density at radius 3 is 2.62 bits per heavy atom. The summed E-state index contributed by atoms with van der Waals surface area (Å²) in [4.78, 5) is 27.4. The van der Waals surface area contributed by atoms with Crippen LogP contribution in [0.4, 0.5) is 16.2 Å². The molecule has 0 aliphatic carbocycles. The SMILES string of the molecule is CC(C)CCN1C(=O)C(C)(C)COc2ccc(NC(=O)NCCCc3ccccc3)cc21. The molecule has 0 spiro atoms. The third-order valence-corrected chi connectivity index (χ3v) is 5.62. The van der Waals surface area contributed by atoms with E-state index in [1.54, 1.807) is 0 Å². The quantitative estimate of drug-likeness (QED) is 0.555. The van der Waals surface area contributed by atoms with Crippen LogP contribution in [-0.2, 0) is 11.2 Å². The number of carbonyl (C=O) groups excluding carboxylic acids is 2. The molecule has 172 valence electrons. The maximum absolute atomic E-state index is 13.2. The molecule has 2 aromatic carbocycles. The van der Waals surface area contributed by atoms with Gasteiger partial charge in [-0.15, -0.1) is 0 Å². The first-order chi connectivity index (χ1) is 15.3. The van der Waals surface area contributed by atoms with Crippen molar-refractivity contribution in [3.63, 3.8) is 0 Å². The highest BCUT2D eigenvalue weighted by atomic mass is 16.5. The number of amides is 3. The molecular formula is C26H35N3O3. The third-order valence-electron chi connectivity index (χ3n) is 5.62. The van der Waals surface area contributed by atoms with Gasteiger partial charge in [0.25, 0.3) is 0 Å². The van der Waals surface area contributed by atoms with Gasteiger partial charge in [-0.25, -0.2) is 4.79 Å². The van der Waals surface area contributed by atoms with E-state index in [0.29, 0.717) is 42.7 Å². The Hall–Kier alpha value is -3.02. The molecule has 0 radical (unpaired) electrons. The second-order valence-corrected chi connectivity index (χ2v) is 9.46. The van der Waals surface area contributed by atoms with E-state index < -0.39 is 5.41 Å². The van der Waals surface area contributed by atoms with E-state index in [4.69, 9.17) is 4.74 Å². The maximum atomic E-state index is 13.2. The van der Waals surface area contributed by atoms with Gasteiger partial charge in [-0.3, -0.25) is 4.79 Å². The average molecular weight is 438 g/mol. The molecule has 3 rings (SSSR count). The van der Waals surface area contributed by atoms with E-state index in [0.717, 1.165) is 19.3 Å². The van der Waals surface area contributed by atoms with Crippen molar-refractivity contribution in [1.82, 2.24) is 5.32 Å². The highest BCUT2D eigenvalue weighted by molar-refractivity contribution is 6.00. The van der Waals surface area contributed by atoms with Crippen molar-refractivity contribution in [1.29, 1.82) is 0 Å². The predicted octanol–water partition coefficient (Wildman–Crippen LogP) is 5.24. The lowest BCUT2D eigenvalue weighted by Gasteiger charge is -2.28. The van der Waals surface area contributed by atoms with Gasteiger partial charge < -0.3 is 20.3 Å². The van der Waals surface area contributed by atoms with Crippen molar-refractivity contribution in [3.8, 4) is 5.75 Å². The summed E-state index contributed by atoms with van der Waals surface area (Å²) in [5.74, 6) is 1.18. The van der Waals surface area contributed by atoms with Crippen LogP contribution in [-0.4, -0.2) is 31.6 Å². The van der Waals surface area contributed by atoms with Crippen molar-refractivity contribution < 1.29 is 14.3 Å². The first-order valence-corrected chi connectivity index (χ1v) is 11.4. The zero-order valence-corrected chi connectivity index (χ0v) is 19.6. The minimum absolute atomic E-state index is 0.0411. The van der Waals surface area contributed by atoms with E-state index in [1.165, 1.54) is 5.56 Å². The maximum Gasteiger partial charge on any atom is 0.319 e. The molecule has 2 N–H and O–H groups in total. The number of nitrogens with one attached hydrogen (secondary N) is 2. The Balaban J connectivity index is 1.64. The molecule has 6 nitrogen and oxygen atoms in total. The number of benzene rings is 2. The number of hydrogen-bond acceptors (Lipinski definition) is 3. The van der Waals surface area contributed by atoms with Crippen LogP contribution in [0, 0.1) is 11.3 Å². The molecule has 1 aliphatic rings. The van der Waals surface area contributed by atoms with Crippen molar-refractivity contribution >= 4 is 23.3 Å². The summed E-state index contributed by atoms with van der Waals surface area (Å²) in [5, 5.41) is 5.79. The molecule has 0 atom stereocenters. The molecule has 2 aromatic rings. The molecule has 0 unspecified atom stereocenters. The minimum Gasteiger partial charge on any atom is -0.490 e. The molecule has 1 aliphatic heterocycles. The van der Waals surface area contributed by atoms with E-state index in [2.05, 4.69) is 36.6 Å². The smallest absolute Gasteiger partial charge is 0.319 e. The predicted molar refractivity (Wildman–Crippen MR) is 129 cm³/mol. The Labute approximate surface area is 191 Å². The van der Waals surface area contributed by atoms with Gasteiger partial charge in [0.2, 0.25) is 5.91 Å². The lowest BCUT2D eigenvalue weighted by atomic mass is 9.92. The van der Waals surface area contributed by atoms with Gasteiger partial charge in [0, 0.05) is 18.8 Å². The monoisotopic (exact) mass is 437 g/mol. The molecular weight excluding hydrogens is 402 g/mol. The van der Waals surface area contributed by atoms with Crippen molar-refractivity contribution in [2.45, 2.75) is 47.0 Å². The zero-order chi connectivity index (χ0) is 23.1. The molecule has 0 aromatic heterocycles. The Morgan fingerprint density at radius 2 is 1.91 bits per heavy atom. The Bertz CT molecular complexity index is 925. The summed E-state index contributed by atoms with van der Waals surface area (Å²) in [7, 11) is 0. The van der Waals surface area contributed by atoms with Gasteiger partial charge in [0.05, 0.1) is 11.1 Å². The van der Waals surface area contributed by atoms with Crippen LogP contribution in [0.15, 0.2) is 48.5 Å². The number of carbonyl (C=O) groups is 2. The van der Waals surface area contributed by atoms with Gasteiger partial charge in [-0.2, -0.15) is 0 Å². The topological polar surface area (TPSA) is 70.7 Å². The average Bonchev–Trinajstić information content (AvgIpc) is 2.85. The van der Waals surface area contributed by atoms with Gasteiger partial charge in [0.1, 0.15) is 12.4 Å². The van der Waals surface area contributed by atoms with Crippen LogP contribution in [0.5, 0.6) is 5.75 Å². The number of nitrogens with zero attached hydrogens (tertiary/aromatic N) is 1. The van der Waals surface area contributed by atoms with Crippen LogP contribution < -0.4 is 20.3 Å². The van der Waals surface area contributed by atoms with Gasteiger partial charge in [-0.1, -0.05) is 44.2 Å². The summed E-state index contributed by atoms with van der Waals surface area (Å²) >= 11 is 0. The van der Waals surface area contributed by atoms with E-state index in [-0.39, 0.29) is 11.9 Å². The normalized spacial score (nSPS) is 15.0. The van der Waals surface area contributed by atoms with Crippen LogP contribution in [0.2, 0.25) is 0 Å². The zero-order valence-electron chi connectivity index (χ0n) is 19.6. The molecule has 0 fully saturated rings. The number of ether oxygens (including phenoxy) is 1. The summed E-state index contributed by atoms with van der Waals surface area (Å²) in [5.41, 5.74) is 1.99. The summed E-state index contributed by atoms with van der Waals surface area (Å²) in [6.07, 6.45) is 2.67. The third kappa shape index (κ3) is 6.25. The highest BCUT2D eigenvalue weighted by Crippen LogP contribution is 2.38. The molecule has 1 heterocycles. The van der Waals surface area contributed by atoms with Crippen molar-refractivity contribution in [3.05, 3.63) is 54.1 Å². The van der Waals surface area contributed by atoms with Crippen LogP contribution in [0.25, 0.3) is 0 Å². The van der Waals surface area contributed by atoms with Crippen LogP contribution in [0.3, 0.4) is 0 Å². The summed E-state index contributed by atoms with van der Waals surface area (Å²) in [6.45, 7) is 9.63.